The Balaban J connectivity index is 0. The Hall–Kier alpha value is -1.12. The number of amidine groups is 1. The molecule has 0 aromatic heterocycles. The molecule has 2 atom stereocenters. The second-order valence-corrected chi connectivity index (χ2v) is 4.53. The summed E-state index contributed by atoms with van der Waals surface area (Å²) in [5.41, 5.74) is 2.88. The molecule has 21 heavy (non-hydrogen) atoms. The van der Waals surface area contributed by atoms with E-state index in [0.29, 0.717) is 6.42 Å². The van der Waals surface area contributed by atoms with Crippen LogP contribution in [-0.2, 0) is 9.59 Å². The third kappa shape index (κ3) is 5.64. The first-order valence-electron chi connectivity index (χ1n) is 6.32. The van der Waals surface area contributed by atoms with Gasteiger partial charge in [-0.3, -0.25) is 9.59 Å². The van der Waals surface area contributed by atoms with Crippen LogP contribution in [0.3, 0.4) is 0 Å². The minimum atomic E-state index is -1.33. The van der Waals surface area contributed by atoms with Gasteiger partial charge in [0.2, 0.25) is 5.91 Å². The molecule has 1 heterocycles. The first-order chi connectivity index (χ1) is 9.22. The van der Waals surface area contributed by atoms with Crippen molar-refractivity contribution in [3.05, 3.63) is 0 Å². The van der Waals surface area contributed by atoms with Crippen molar-refractivity contribution < 1.29 is 54.2 Å². The molecule has 9 heteroatoms. The summed E-state index contributed by atoms with van der Waals surface area (Å²) in [5, 5.41) is 20.3. The van der Waals surface area contributed by atoms with Gasteiger partial charge in [-0.2, -0.15) is 0 Å². The topological polar surface area (TPSA) is 145 Å². The minimum absolute atomic E-state index is 0. The summed E-state index contributed by atoms with van der Waals surface area (Å²) in [4.78, 5) is 35.8. The van der Waals surface area contributed by atoms with Crippen LogP contribution in [0.25, 0.3) is 0 Å². The zero-order chi connectivity index (χ0) is 15.9. The average Bonchev–Trinajstić information content (AvgIpc) is 2.28. The maximum Gasteiger partial charge on any atom is 1.00 e. The number of nitrogens with zero attached hydrogens (tertiary/aromatic N) is 1. The number of nitrogens with one attached hydrogen (secondary N) is 1. The fraction of sp³-hybridized carbons (Fsp3) is 0.667. The summed E-state index contributed by atoms with van der Waals surface area (Å²) in [6.07, 6.45) is 0.684. The van der Waals surface area contributed by atoms with E-state index in [4.69, 9.17) is 9.90 Å². The van der Waals surface area contributed by atoms with E-state index >= 15 is 0 Å². The van der Waals surface area contributed by atoms with Gasteiger partial charge in [0.25, 0.3) is 5.91 Å². The zero-order valence-corrected chi connectivity index (χ0v) is 14.8. The largest absolute Gasteiger partial charge is 1.00 e. The summed E-state index contributed by atoms with van der Waals surface area (Å²) < 4.78 is 0. The van der Waals surface area contributed by atoms with Crippen LogP contribution in [0, 0.1) is 11.3 Å². The Labute approximate surface area is 145 Å². The maximum atomic E-state index is 11.9. The molecule has 114 valence electrons. The molecule has 1 aliphatic rings. The molecule has 0 aromatic rings. The second-order valence-electron chi connectivity index (χ2n) is 4.53. The van der Waals surface area contributed by atoms with Crippen molar-refractivity contribution in [3.8, 4) is 0 Å². The van der Waals surface area contributed by atoms with E-state index in [0.717, 1.165) is 12.8 Å². The monoisotopic (exact) mass is 309 g/mol. The van der Waals surface area contributed by atoms with Crippen molar-refractivity contribution in [3.63, 3.8) is 0 Å². The average molecular weight is 309 g/mol. The van der Waals surface area contributed by atoms with Crippen LogP contribution >= 0.6 is 0 Å². The van der Waals surface area contributed by atoms with Crippen LogP contribution in [0.5, 0.6) is 0 Å². The summed E-state index contributed by atoms with van der Waals surface area (Å²) in [5.74, 6) is -1.20. The van der Waals surface area contributed by atoms with E-state index in [1.54, 1.807) is 6.92 Å². The third-order valence-corrected chi connectivity index (χ3v) is 3.33. The van der Waals surface area contributed by atoms with E-state index in [9.17, 15) is 14.7 Å². The Morgan fingerprint density at radius 2 is 1.95 bits per heavy atom. The number of nitrogens with two attached hydrogens (primary N) is 1. The summed E-state index contributed by atoms with van der Waals surface area (Å²) in [6.45, 7) is 5.62. The van der Waals surface area contributed by atoms with Gasteiger partial charge in [0, 0.05) is 0 Å². The predicted molar refractivity (Wildman–Crippen MR) is 69.6 cm³/mol. The Kier molecular flexibility index (Phi) is 10.3. The second kappa shape index (κ2) is 9.75. The van der Waals surface area contributed by atoms with E-state index < -0.39 is 29.3 Å². The minimum Gasteiger partial charge on any atom is -0.846 e. The molecule has 0 radical (unpaired) electrons. The number of primary amides is 1. The van der Waals surface area contributed by atoms with Crippen LogP contribution in [0.2, 0.25) is 0 Å². The number of rotatable bonds is 4. The molecule has 1 rings (SSSR count). The van der Waals surface area contributed by atoms with Crippen LogP contribution in [0.1, 0.15) is 40.0 Å². The van der Waals surface area contributed by atoms with Crippen molar-refractivity contribution in [2.75, 3.05) is 0 Å². The van der Waals surface area contributed by atoms with Crippen LogP contribution in [0.4, 0.5) is 4.79 Å². The number of amides is 3. The molecule has 1 aliphatic heterocycles. The van der Waals surface area contributed by atoms with Gasteiger partial charge in [0.1, 0.15) is 5.41 Å². The van der Waals surface area contributed by atoms with Crippen LogP contribution < -0.4 is 45.7 Å². The molecular formula is C12H20N3NaO5. The van der Waals surface area contributed by atoms with E-state index in [2.05, 4.69) is 16.0 Å². The normalized spacial score (nSPS) is 22.0. The molecule has 0 bridgehead atoms. The summed E-state index contributed by atoms with van der Waals surface area (Å²) in [6, 6.07) is -0.845. The quantitative estimate of drug-likeness (QED) is 0.370. The van der Waals surface area contributed by atoms with Gasteiger partial charge in [-0.25, -0.2) is 9.79 Å². The molecule has 2 unspecified atom stereocenters. The molecular weight excluding hydrogens is 289 g/mol. The molecule has 0 spiro atoms. The summed E-state index contributed by atoms with van der Waals surface area (Å²) in [7, 11) is 0. The van der Waals surface area contributed by atoms with Gasteiger partial charge >= 0.3 is 35.7 Å². The molecule has 0 saturated carbocycles. The van der Waals surface area contributed by atoms with Gasteiger partial charge in [-0.15, -0.1) is 0 Å². The van der Waals surface area contributed by atoms with E-state index in [1.807, 2.05) is 13.8 Å². The molecule has 3 amide bonds. The number of aliphatic imine (C=N–C) groups is 1. The number of carbonyl (C=O) groups is 3. The predicted octanol–water partition coefficient (Wildman–Crippen LogP) is -3.18. The van der Waals surface area contributed by atoms with Gasteiger partial charge in [-0.1, -0.05) is 27.2 Å². The number of carbonyl (C=O) groups excluding carboxylic acids is 2. The van der Waals surface area contributed by atoms with Crippen LogP contribution in [0.15, 0.2) is 4.99 Å². The van der Waals surface area contributed by atoms with Crippen LogP contribution in [-0.4, -0.2) is 29.0 Å². The Morgan fingerprint density at radius 1 is 1.48 bits per heavy atom. The van der Waals surface area contributed by atoms with Crippen molar-refractivity contribution >= 4 is 23.9 Å². The number of hydrogen-bond acceptors (Lipinski definition) is 4. The molecule has 4 N–H and O–H groups in total. The van der Waals surface area contributed by atoms with Gasteiger partial charge in [0.15, 0.2) is 0 Å². The zero-order valence-electron chi connectivity index (χ0n) is 12.8. The van der Waals surface area contributed by atoms with Gasteiger partial charge < -0.3 is 21.3 Å². The van der Waals surface area contributed by atoms with E-state index in [-0.39, 0.29) is 35.5 Å². The molecule has 8 nitrogen and oxygen atoms in total. The number of carboxylic acid groups (broad SMARTS) is 1. The Bertz CT molecular complexity index is 423. The van der Waals surface area contributed by atoms with Gasteiger partial charge in [0.05, 0.1) is 6.02 Å². The van der Waals surface area contributed by atoms with Gasteiger partial charge in [-0.05, 0) is 18.8 Å². The molecule has 0 fully saturated rings. The first kappa shape index (κ1) is 22.2. The standard InChI is InChI=1S/C11H18N2O3.CH3NO2.Na/c1-4-6-7(3)11(5-2)8(14)12-10(16)13-9(11)15;2-1(3)4;/h7H,4-6H2,1-3H3,(H2,12,13,14,15,16);2H2,(H,3,4);/q;;+1/p-1. The SMILES string of the molecule is CCCC(C)C1(CC)C(=O)N=C([O-])NC1=O.NC(=O)O.[Na+]. The fourth-order valence-corrected chi connectivity index (χ4v) is 2.30. The van der Waals surface area contributed by atoms with Crippen molar-refractivity contribution in [1.82, 2.24) is 5.32 Å². The third-order valence-electron chi connectivity index (χ3n) is 3.33. The van der Waals surface area contributed by atoms with Crippen molar-refractivity contribution in [2.24, 2.45) is 22.1 Å². The van der Waals surface area contributed by atoms with Crippen molar-refractivity contribution in [1.29, 1.82) is 0 Å². The van der Waals surface area contributed by atoms with Crippen molar-refractivity contribution in [2.45, 2.75) is 40.0 Å². The smallest absolute Gasteiger partial charge is 0.846 e. The molecule has 0 saturated heterocycles. The number of hydrogen-bond donors (Lipinski definition) is 3. The van der Waals surface area contributed by atoms with E-state index in [1.165, 1.54) is 0 Å². The Morgan fingerprint density at radius 3 is 2.29 bits per heavy atom. The molecule has 0 aromatic carbocycles. The maximum absolute atomic E-state index is 11.9. The molecule has 0 aliphatic carbocycles. The summed E-state index contributed by atoms with van der Waals surface area (Å²) >= 11 is 0. The first-order valence-corrected chi connectivity index (χ1v) is 6.32. The fourth-order valence-electron chi connectivity index (χ4n) is 2.30.